The van der Waals surface area contributed by atoms with Crippen molar-refractivity contribution in [3.8, 4) is 0 Å². The van der Waals surface area contributed by atoms with Gasteiger partial charge in [-0.2, -0.15) is 0 Å². The van der Waals surface area contributed by atoms with Crippen molar-refractivity contribution >= 4 is 0 Å². The highest BCUT2D eigenvalue weighted by Crippen LogP contribution is 2.19. The quantitative estimate of drug-likeness (QED) is 0.586. The van der Waals surface area contributed by atoms with Gasteiger partial charge in [-0.15, -0.1) is 0 Å². The first-order chi connectivity index (χ1) is 6.29. The summed E-state index contributed by atoms with van der Waals surface area (Å²) in [6, 6.07) is 1.30. The molecule has 0 aliphatic carbocycles. The number of rotatable bonds is 0. The predicted octanol–water partition coefficient (Wildman–Crippen LogP) is 0.315. The fourth-order valence-electron chi connectivity index (χ4n) is 2.36. The highest BCUT2D eigenvalue weighted by Gasteiger charge is 2.31. The van der Waals surface area contributed by atoms with Crippen LogP contribution in [0.1, 0.15) is 13.8 Å². The smallest absolute Gasteiger partial charge is 0.0635 e. The van der Waals surface area contributed by atoms with Gasteiger partial charge < -0.3 is 10.1 Å². The topological polar surface area (TPSA) is 24.5 Å². The van der Waals surface area contributed by atoms with Crippen LogP contribution in [0.15, 0.2) is 0 Å². The summed E-state index contributed by atoms with van der Waals surface area (Å²) in [5.74, 6) is 0.753. The van der Waals surface area contributed by atoms with Crippen LogP contribution in [0, 0.1) is 5.92 Å². The van der Waals surface area contributed by atoms with E-state index in [9.17, 15) is 0 Å². The van der Waals surface area contributed by atoms with Gasteiger partial charge in [-0.05, 0) is 19.4 Å². The lowest BCUT2D eigenvalue weighted by Gasteiger charge is -2.39. The van der Waals surface area contributed by atoms with E-state index in [-0.39, 0.29) is 0 Å². The molecule has 76 valence electrons. The lowest BCUT2D eigenvalue weighted by Crippen LogP contribution is -2.52. The molecule has 0 aromatic rings. The molecule has 3 nitrogen and oxygen atoms in total. The summed E-state index contributed by atoms with van der Waals surface area (Å²) >= 11 is 0. The molecule has 0 spiro atoms. The van der Waals surface area contributed by atoms with Crippen LogP contribution in [0.5, 0.6) is 0 Å². The minimum Gasteiger partial charge on any atom is -0.378 e. The molecule has 2 rings (SSSR count). The van der Waals surface area contributed by atoms with E-state index in [0.717, 1.165) is 38.8 Å². The average Bonchev–Trinajstić information content (AvgIpc) is 2.29. The molecule has 2 saturated heterocycles. The molecule has 0 aromatic carbocycles. The van der Waals surface area contributed by atoms with E-state index in [1.165, 1.54) is 0 Å². The predicted molar refractivity (Wildman–Crippen MR) is 52.8 cm³/mol. The van der Waals surface area contributed by atoms with Gasteiger partial charge in [-0.3, -0.25) is 4.90 Å². The van der Waals surface area contributed by atoms with E-state index in [0.29, 0.717) is 12.1 Å². The van der Waals surface area contributed by atoms with Gasteiger partial charge in [-0.25, -0.2) is 0 Å². The number of morpholine rings is 1. The first-order valence-corrected chi connectivity index (χ1v) is 5.33. The Morgan fingerprint density at radius 3 is 3.00 bits per heavy atom. The maximum Gasteiger partial charge on any atom is 0.0635 e. The third-order valence-corrected chi connectivity index (χ3v) is 3.47. The Labute approximate surface area is 80.4 Å². The van der Waals surface area contributed by atoms with Gasteiger partial charge in [0.05, 0.1) is 13.2 Å². The summed E-state index contributed by atoms with van der Waals surface area (Å²) in [7, 11) is 0. The molecule has 0 amide bonds. The Bertz CT molecular complexity index is 172. The maximum absolute atomic E-state index is 5.50. The van der Waals surface area contributed by atoms with Gasteiger partial charge in [0.25, 0.3) is 0 Å². The van der Waals surface area contributed by atoms with E-state index in [1.54, 1.807) is 0 Å². The molecule has 0 saturated carbocycles. The molecule has 2 aliphatic heterocycles. The van der Waals surface area contributed by atoms with E-state index in [1.807, 2.05) is 0 Å². The summed E-state index contributed by atoms with van der Waals surface area (Å²) in [6.07, 6.45) is 0. The molecule has 1 unspecified atom stereocenters. The van der Waals surface area contributed by atoms with Crippen molar-refractivity contribution in [3.05, 3.63) is 0 Å². The molecule has 2 aliphatic rings. The molecular formula is C10H20N2O. The van der Waals surface area contributed by atoms with Gasteiger partial charge >= 0.3 is 0 Å². The number of hydrogen-bond donors (Lipinski definition) is 1. The van der Waals surface area contributed by atoms with Crippen LogP contribution in [-0.2, 0) is 4.74 Å². The highest BCUT2D eigenvalue weighted by atomic mass is 16.5. The molecule has 13 heavy (non-hydrogen) atoms. The second-order valence-corrected chi connectivity index (χ2v) is 4.34. The van der Waals surface area contributed by atoms with Crippen LogP contribution in [0.2, 0.25) is 0 Å². The number of nitrogens with one attached hydrogen (secondary N) is 1. The monoisotopic (exact) mass is 184 g/mol. The second kappa shape index (κ2) is 3.95. The molecule has 3 atom stereocenters. The molecule has 0 radical (unpaired) electrons. The summed E-state index contributed by atoms with van der Waals surface area (Å²) < 4.78 is 5.50. The standard InChI is InChI=1S/C10H20N2O/c1-8-5-11-6-10-7-13-4-3-12(10)9(8)2/h8-11H,3-7H2,1-2H3/t8-,9-,10?/m1/s1. The third-order valence-electron chi connectivity index (χ3n) is 3.47. The van der Waals surface area contributed by atoms with Crippen molar-refractivity contribution in [1.29, 1.82) is 0 Å². The summed E-state index contributed by atoms with van der Waals surface area (Å²) in [5.41, 5.74) is 0. The molecule has 3 heteroatoms. The number of ether oxygens (including phenoxy) is 1. The lowest BCUT2D eigenvalue weighted by atomic mass is 10.0. The molecule has 2 heterocycles. The Morgan fingerprint density at radius 1 is 1.31 bits per heavy atom. The van der Waals surface area contributed by atoms with Crippen molar-refractivity contribution in [2.45, 2.75) is 25.9 Å². The number of nitrogens with zero attached hydrogens (tertiary/aromatic N) is 1. The van der Waals surface area contributed by atoms with Crippen LogP contribution in [-0.4, -0.2) is 49.8 Å². The summed E-state index contributed by atoms with van der Waals surface area (Å²) in [4.78, 5) is 2.61. The van der Waals surface area contributed by atoms with Crippen molar-refractivity contribution in [2.24, 2.45) is 5.92 Å². The molecule has 0 bridgehead atoms. The zero-order valence-electron chi connectivity index (χ0n) is 8.62. The summed E-state index contributed by atoms with van der Waals surface area (Å²) in [5, 5.41) is 3.50. The van der Waals surface area contributed by atoms with Crippen LogP contribution in [0.3, 0.4) is 0 Å². The molecule has 0 aromatic heterocycles. The first kappa shape index (κ1) is 9.44. The van der Waals surface area contributed by atoms with Gasteiger partial charge in [0, 0.05) is 25.2 Å². The van der Waals surface area contributed by atoms with Gasteiger partial charge in [0.2, 0.25) is 0 Å². The van der Waals surface area contributed by atoms with Gasteiger partial charge in [-0.1, -0.05) is 6.92 Å². The normalized spacial score (nSPS) is 42.5. The van der Waals surface area contributed by atoms with Crippen molar-refractivity contribution in [1.82, 2.24) is 10.2 Å². The van der Waals surface area contributed by atoms with E-state index >= 15 is 0 Å². The van der Waals surface area contributed by atoms with Gasteiger partial charge in [0.15, 0.2) is 0 Å². The lowest BCUT2D eigenvalue weighted by molar-refractivity contribution is -0.0254. The largest absolute Gasteiger partial charge is 0.378 e. The number of fused-ring (bicyclic) bond motifs is 1. The Balaban J connectivity index is 2.06. The third kappa shape index (κ3) is 1.87. The first-order valence-electron chi connectivity index (χ1n) is 5.33. The van der Waals surface area contributed by atoms with E-state index in [4.69, 9.17) is 4.74 Å². The van der Waals surface area contributed by atoms with Crippen molar-refractivity contribution in [2.75, 3.05) is 32.8 Å². The zero-order valence-corrected chi connectivity index (χ0v) is 8.62. The Morgan fingerprint density at radius 2 is 2.15 bits per heavy atom. The second-order valence-electron chi connectivity index (χ2n) is 4.34. The Hall–Kier alpha value is -0.120. The molecule has 2 fully saturated rings. The highest BCUT2D eigenvalue weighted by molar-refractivity contribution is 4.87. The maximum atomic E-state index is 5.50. The zero-order chi connectivity index (χ0) is 9.26. The SMILES string of the molecule is C[C@@H]1CNCC2COCCN2[C@@H]1C. The summed E-state index contributed by atoms with van der Waals surface area (Å²) in [6.45, 7) is 9.84. The van der Waals surface area contributed by atoms with Crippen LogP contribution >= 0.6 is 0 Å². The van der Waals surface area contributed by atoms with Crippen LogP contribution in [0.25, 0.3) is 0 Å². The van der Waals surface area contributed by atoms with Gasteiger partial charge in [0.1, 0.15) is 0 Å². The van der Waals surface area contributed by atoms with E-state index < -0.39 is 0 Å². The number of hydrogen-bond acceptors (Lipinski definition) is 3. The Kier molecular flexibility index (Phi) is 2.86. The minimum absolute atomic E-state index is 0.605. The molecular weight excluding hydrogens is 164 g/mol. The molecule has 1 N–H and O–H groups in total. The van der Waals surface area contributed by atoms with E-state index in [2.05, 4.69) is 24.1 Å². The van der Waals surface area contributed by atoms with Crippen LogP contribution in [0.4, 0.5) is 0 Å². The van der Waals surface area contributed by atoms with Crippen molar-refractivity contribution < 1.29 is 4.74 Å². The fourth-order valence-corrected chi connectivity index (χ4v) is 2.36. The van der Waals surface area contributed by atoms with Crippen LogP contribution < -0.4 is 5.32 Å². The average molecular weight is 184 g/mol. The fraction of sp³-hybridized carbons (Fsp3) is 1.00. The minimum atomic E-state index is 0.605. The van der Waals surface area contributed by atoms with Crippen molar-refractivity contribution in [3.63, 3.8) is 0 Å².